The van der Waals surface area contributed by atoms with Gasteiger partial charge in [0.15, 0.2) is 0 Å². The van der Waals surface area contributed by atoms with Gasteiger partial charge >= 0.3 is 0 Å². The Kier molecular flexibility index (Phi) is 5.09. The Bertz CT molecular complexity index is 322. The van der Waals surface area contributed by atoms with Crippen LogP contribution < -0.4 is 5.32 Å². The van der Waals surface area contributed by atoms with Gasteiger partial charge in [0, 0.05) is 18.8 Å². The van der Waals surface area contributed by atoms with Crippen LogP contribution in [0, 0.1) is 5.41 Å². The molecule has 96 valence electrons. The van der Waals surface area contributed by atoms with E-state index < -0.39 is 0 Å². The van der Waals surface area contributed by atoms with Crippen molar-refractivity contribution < 1.29 is 5.11 Å². The summed E-state index contributed by atoms with van der Waals surface area (Å²) in [6, 6.07) is 6.19. The Morgan fingerprint density at radius 3 is 2.59 bits per heavy atom. The number of nitrogens with one attached hydrogen (secondary N) is 1. The first kappa shape index (κ1) is 14.1. The average molecular weight is 236 g/mol. The van der Waals surface area contributed by atoms with E-state index in [2.05, 4.69) is 31.1 Å². The van der Waals surface area contributed by atoms with E-state index in [0.717, 1.165) is 18.7 Å². The van der Waals surface area contributed by atoms with Crippen molar-refractivity contribution in [2.75, 3.05) is 6.54 Å². The first-order valence-electron chi connectivity index (χ1n) is 6.23. The fourth-order valence-electron chi connectivity index (χ4n) is 2.04. The Morgan fingerprint density at radius 2 is 2.06 bits per heavy atom. The molecule has 0 aliphatic carbocycles. The summed E-state index contributed by atoms with van der Waals surface area (Å²) in [7, 11) is 0. The number of aliphatic hydroxyl groups excluding tert-OH is 1. The predicted octanol–water partition coefficient (Wildman–Crippen LogP) is 2.53. The van der Waals surface area contributed by atoms with Gasteiger partial charge in [-0.2, -0.15) is 0 Å². The molecule has 2 N–H and O–H groups in total. The number of rotatable bonds is 6. The van der Waals surface area contributed by atoms with Crippen LogP contribution >= 0.6 is 0 Å². The largest absolute Gasteiger partial charge is 0.393 e. The molecule has 3 heteroatoms. The smallest absolute Gasteiger partial charge is 0.0570 e. The third-order valence-electron chi connectivity index (χ3n) is 2.87. The van der Waals surface area contributed by atoms with Crippen molar-refractivity contribution in [2.45, 2.75) is 46.3 Å². The van der Waals surface area contributed by atoms with Gasteiger partial charge in [0.2, 0.25) is 0 Å². The Balaban J connectivity index is 2.45. The summed E-state index contributed by atoms with van der Waals surface area (Å²) in [5.74, 6) is 0. The number of hydrogen-bond acceptors (Lipinski definition) is 3. The normalized spacial score (nSPS) is 15.6. The molecule has 0 fully saturated rings. The van der Waals surface area contributed by atoms with Crippen LogP contribution in [0.15, 0.2) is 24.4 Å². The Labute approximate surface area is 104 Å². The summed E-state index contributed by atoms with van der Waals surface area (Å²) in [5, 5.41) is 12.9. The summed E-state index contributed by atoms with van der Waals surface area (Å²) < 4.78 is 0. The minimum Gasteiger partial charge on any atom is -0.393 e. The van der Waals surface area contributed by atoms with Gasteiger partial charge in [-0.3, -0.25) is 4.98 Å². The zero-order valence-electron chi connectivity index (χ0n) is 11.3. The molecule has 0 aromatic carbocycles. The van der Waals surface area contributed by atoms with Crippen molar-refractivity contribution >= 4 is 0 Å². The molecule has 0 amide bonds. The van der Waals surface area contributed by atoms with Crippen molar-refractivity contribution in [1.82, 2.24) is 10.3 Å². The van der Waals surface area contributed by atoms with E-state index in [1.165, 1.54) is 0 Å². The van der Waals surface area contributed by atoms with Gasteiger partial charge in [-0.25, -0.2) is 0 Å². The monoisotopic (exact) mass is 236 g/mol. The van der Waals surface area contributed by atoms with E-state index in [0.29, 0.717) is 0 Å². The fourth-order valence-corrected chi connectivity index (χ4v) is 2.04. The molecule has 1 aromatic heterocycles. The van der Waals surface area contributed by atoms with E-state index in [9.17, 15) is 5.11 Å². The molecule has 0 saturated heterocycles. The summed E-state index contributed by atoms with van der Waals surface area (Å²) in [6.07, 6.45) is 2.36. The number of aliphatic hydroxyl groups is 1. The number of nitrogens with zero attached hydrogens (tertiary/aromatic N) is 1. The third kappa shape index (κ3) is 5.29. The second-order valence-electron chi connectivity index (χ2n) is 5.57. The maximum Gasteiger partial charge on any atom is 0.0570 e. The van der Waals surface area contributed by atoms with Crippen molar-refractivity contribution in [1.29, 1.82) is 0 Å². The van der Waals surface area contributed by atoms with E-state index in [1.54, 1.807) is 0 Å². The van der Waals surface area contributed by atoms with Gasteiger partial charge < -0.3 is 10.4 Å². The van der Waals surface area contributed by atoms with E-state index >= 15 is 0 Å². The van der Waals surface area contributed by atoms with Crippen LogP contribution in [0.25, 0.3) is 0 Å². The molecule has 0 radical (unpaired) electrons. The quantitative estimate of drug-likeness (QED) is 0.798. The Hall–Kier alpha value is -0.930. The summed E-state index contributed by atoms with van der Waals surface area (Å²) in [5.41, 5.74) is 1.15. The lowest BCUT2D eigenvalue weighted by Crippen LogP contribution is -2.33. The molecular formula is C14H24N2O. The SMILES string of the molecule is CC(O)CC(C)(C)CNC(C)c1ccccn1. The van der Waals surface area contributed by atoms with Gasteiger partial charge in [0.25, 0.3) is 0 Å². The molecule has 3 nitrogen and oxygen atoms in total. The first-order chi connectivity index (χ1) is 7.91. The van der Waals surface area contributed by atoms with Crippen LogP contribution in [0.1, 0.15) is 45.9 Å². The second-order valence-corrected chi connectivity index (χ2v) is 5.57. The maximum atomic E-state index is 9.43. The van der Waals surface area contributed by atoms with Crippen LogP contribution in [0.5, 0.6) is 0 Å². The van der Waals surface area contributed by atoms with E-state index in [-0.39, 0.29) is 17.6 Å². The van der Waals surface area contributed by atoms with Gasteiger partial charge in [-0.05, 0) is 37.8 Å². The molecular weight excluding hydrogens is 212 g/mol. The van der Waals surface area contributed by atoms with E-state index in [1.807, 2.05) is 31.3 Å². The number of aromatic nitrogens is 1. The molecule has 0 saturated carbocycles. The lowest BCUT2D eigenvalue weighted by atomic mass is 9.86. The maximum absolute atomic E-state index is 9.43. The molecule has 17 heavy (non-hydrogen) atoms. The summed E-state index contributed by atoms with van der Waals surface area (Å²) >= 11 is 0. The Morgan fingerprint density at radius 1 is 1.35 bits per heavy atom. The lowest BCUT2D eigenvalue weighted by Gasteiger charge is -2.28. The van der Waals surface area contributed by atoms with E-state index in [4.69, 9.17) is 0 Å². The van der Waals surface area contributed by atoms with Gasteiger partial charge in [0.1, 0.15) is 0 Å². The zero-order valence-corrected chi connectivity index (χ0v) is 11.3. The second kappa shape index (κ2) is 6.12. The van der Waals surface area contributed by atoms with Gasteiger partial charge in [-0.15, -0.1) is 0 Å². The van der Waals surface area contributed by atoms with Gasteiger partial charge in [-0.1, -0.05) is 19.9 Å². The average Bonchev–Trinajstić information content (AvgIpc) is 2.25. The first-order valence-corrected chi connectivity index (χ1v) is 6.23. The molecule has 0 spiro atoms. The fraction of sp³-hybridized carbons (Fsp3) is 0.643. The van der Waals surface area contributed by atoms with Gasteiger partial charge in [0.05, 0.1) is 11.8 Å². The predicted molar refractivity (Wildman–Crippen MR) is 70.7 cm³/mol. The van der Waals surface area contributed by atoms with Crippen LogP contribution in [-0.2, 0) is 0 Å². The minimum atomic E-state index is -0.253. The molecule has 0 aliphatic rings. The van der Waals surface area contributed by atoms with Crippen LogP contribution in [0.3, 0.4) is 0 Å². The zero-order chi connectivity index (χ0) is 12.9. The molecule has 2 unspecified atom stereocenters. The van der Waals surface area contributed by atoms with Crippen LogP contribution in [0.4, 0.5) is 0 Å². The van der Waals surface area contributed by atoms with Crippen molar-refractivity contribution in [2.24, 2.45) is 5.41 Å². The number of pyridine rings is 1. The molecule has 0 aliphatic heterocycles. The topological polar surface area (TPSA) is 45.1 Å². The summed E-state index contributed by atoms with van der Waals surface area (Å²) in [4.78, 5) is 4.33. The third-order valence-corrected chi connectivity index (χ3v) is 2.87. The molecule has 1 aromatic rings. The highest BCUT2D eigenvalue weighted by molar-refractivity contribution is 5.07. The summed E-state index contributed by atoms with van der Waals surface area (Å²) in [6.45, 7) is 9.15. The molecule has 1 rings (SSSR count). The van der Waals surface area contributed by atoms with Crippen molar-refractivity contribution in [3.63, 3.8) is 0 Å². The van der Waals surface area contributed by atoms with Crippen molar-refractivity contribution in [3.8, 4) is 0 Å². The van der Waals surface area contributed by atoms with Crippen molar-refractivity contribution in [3.05, 3.63) is 30.1 Å². The standard InChI is InChI=1S/C14H24N2O/c1-11(17)9-14(3,4)10-16-12(2)13-7-5-6-8-15-13/h5-8,11-12,16-17H,9-10H2,1-4H3. The lowest BCUT2D eigenvalue weighted by molar-refractivity contribution is 0.126. The molecule has 2 atom stereocenters. The highest BCUT2D eigenvalue weighted by Crippen LogP contribution is 2.22. The molecule has 0 bridgehead atoms. The van der Waals surface area contributed by atoms with Crippen LogP contribution in [-0.4, -0.2) is 22.7 Å². The highest BCUT2D eigenvalue weighted by atomic mass is 16.3. The minimum absolute atomic E-state index is 0.0945. The highest BCUT2D eigenvalue weighted by Gasteiger charge is 2.21. The van der Waals surface area contributed by atoms with Crippen LogP contribution in [0.2, 0.25) is 0 Å². The molecule has 1 heterocycles. The number of hydrogen-bond donors (Lipinski definition) is 2.